The lowest BCUT2D eigenvalue weighted by molar-refractivity contribution is -0.147. The number of rotatable bonds is 4. The number of hydrogen-bond acceptors (Lipinski definition) is 2. The van der Waals surface area contributed by atoms with Gasteiger partial charge in [0.15, 0.2) is 0 Å². The molecule has 4 nitrogen and oxygen atoms in total. The molecule has 0 aliphatic heterocycles. The lowest BCUT2D eigenvalue weighted by Crippen LogP contribution is -2.56. The van der Waals surface area contributed by atoms with Crippen molar-refractivity contribution < 1.29 is 14.0 Å². The van der Waals surface area contributed by atoms with Gasteiger partial charge >= 0.3 is 0 Å². The van der Waals surface area contributed by atoms with Gasteiger partial charge in [-0.1, -0.05) is 12.8 Å². The van der Waals surface area contributed by atoms with E-state index in [0.29, 0.717) is 18.7 Å². The number of carbonyl (C=O) groups is 2. The summed E-state index contributed by atoms with van der Waals surface area (Å²) in [5, 5.41) is 6.53. The van der Waals surface area contributed by atoms with Crippen LogP contribution in [0.3, 0.4) is 0 Å². The molecule has 4 unspecified atom stereocenters. The molecule has 0 spiro atoms. The van der Waals surface area contributed by atoms with Crippen molar-refractivity contribution in [3.05, 3.63) is 0 Å². The first-order valence-corrected chi connectivity index (χ1v) is 12.3. The molecule has 0 heterocycles. The van der Waals surface area contributed by atoms with Crippen molar-refractivity contribution >= 4 is 11.8 Å². The molecule has 0 aromatic carbocycles. The van der Waals surface area contributed by atoms with Gasteiger partial charge in [0.05, 0.1) is 5.92 Å². The zero-order chi connectivity index (χ0) is 20.0. The molecule has 162 valence electrons. The van der Waals surface area contributed by atoms with Gasteiger partial charge in [-0.15, -0.1) is 0 Å². The van der Waals surface area contributed by atoms with Gasteiger partial charge in [0.1, 0.15) is 6.17 Å². The van der Waals surface area contributed by atoms with Gasteiger partial charge in [0.2, 0.25) is 11.8 Å². The van der Waals surface area contributed by atoms with E-state index in [1.54, 1.807) is 0 Å². The van der Waals surface area contributed by atoms with Gasteiger partial charge in [-0.3, -0.25) is 9.59 Å². The molecule has 2 amide bonds. The van der Waals surface area contributed by atoms with E-state index in [4.69, 9.17) is 0 Å². The fraction of sp³-hybridized carbons (Fsp3) is 0.917. The third-order valence-corrected chi connectivity index (χ3v) is 8.89. The van der Waals surface area contributed by atoms with Crippen LogP contribution in [0.5, 0.6) is 0 Å². The maximum Gasteiger partial charge on any atom is 0.226 e. The quantitative estimate of drug-likeness (QED) is 0.735. The molecule has 0 radical (unpaired) electrons. The molecule has 6 aliphatic rings. The minimum atomic E-state index is -0.987. The molecule has 2 N–H and O–H groups in total. The zero-order valence-electron chi connectivity index (χ0n) is 17.6. The van der Waals surface area contributed by atoms with E-state index >= 15 is 0 Å². The number of amides is 2. The molecule has 6 saturated carbocycles. The Bertz CT molecular complexity index is 616. The lowest BCUT2D eigenvalue weighted by Gasteiger charge is -2.56. The fourth-order valence-corrected chi connectivity index (χ4v) is 7.87. The number of halogens is 1. The Morgan fingerprint density at radius 1 is 0.724 bits per heavy atom. The topological polar surface area (TPSA) is 58.2 Å². The van der Waals surface area contributed by atoms with Crippen LogP contribution >= 0.6 is 0 Å². The second kappa shape index (κ2) is 7.85. The largest absolute Gasteiger partial charge is 0.353 e. The van der Waals surface area contributed by atoms with Crippen molar-refractivity contribution in [3.63, 3.8) is 0 Å². The van der Waals surface area contributed by atoms with E-state index in [2.05, 4.69) is 10.6 Å². The molecule has 6 fully saturated rings. The molecule has 0 saturated heterocycles. The summed E-state index contributed by atoms with van der Waals surface area (Å²) in [6.45, 7) is 0. The van der Waals surface area contributed by atoms with Gasteiger partial charge in [0.25, 0.3) is 0 Å². The third-order valence-electron chi connectivity index (χ3n) is 8.89. The minimum Gasteiger partial charge on any atom is -0.353 e. The fourth-order valence-electron chi connectivity index (χ4n) is 7.87. The Morgan fingerprint density at radius 2 is 1.31 bits per heavy atom. The van der Waals surface area contributed by atoms with Crippen LogP contribution < -0.4 is 10.6 Å². The first-order valence-electron chi connectivity index (χ1n) is 12.3. The van der Waals surface area contributed by atoms with Crippen molar-refractivity contribution in [1.82, 2.24) is 10.6 Å². The highest BCUT2D eigenvalue weighted by atomic mass is 19.1. The predicted molar refractivity (Wildman–Crippen MR) is 110 cm³/mol. The average molecular weight is 405 g/mol. The molecule has 5 heteroatoms. The molecule has 6 aliphatic carbocycles. The Hall–Kier alpha value is -1.13. The molecule has 0 aromatic heterocycles. The second-order valence-electron chi connectivity index (χ2n) is 11.1. The molecular weight excluding hydrogens is 367 g/mol. The molecule has 4 bridgehead atoms. The number of hydrogen-bond donors (Lipinski definition) is 2. The summed E-state index contributed by atoms with van der Waals surface area (Å²) in [5.74, 6) is 2.05. The van der Waals surface area contributed by atoms with E-state index < -0.39 is 12.1 Å². The van der Waals surface area contributed by atoms with Crippen LogP contribution in [-0.4, -0.2) is 30.1 Å². The first-order chi connectivity index (χ1) is 14.0. The minimum absolute atomic E-state index is 0.0760. The third kappa shape index (κ3) is 3.95. The highest BCUT2D eigenvalue weighted by Crippen LogP contribution is 2.60. The maximum absolute atomic E-state index is 14.1. The summed E-state index contributed by atoms with van der Waals surface area (Å²) in [6, 6.07) is 0.231. The number of nitrogens with one attached hydrogen (secondary N) is 2. The van der Waals surface area contributed by atoms with Gasteiger partial charge in [0, 0.05) is 17.5 Å². The van der Waals surface area contributed by atoms with Crippen molar-refractivity contribution in [2.45, 2.75) is 108 Å². The number of alkyl halides is 1. The molecular formula is C24H37FN2O2. The Labute approximate surface area is 174 Å². The van der Waals surface area contributed by atoms with Crippen LogP contribution in [0.25, 0.3) is 0 Å². The van der Waals surface area contributed by atoms with Gasteiger partial charge < -0.3 is 10.6 Å². The first kappa shape index (κ1) is 19.8. The maximum atomic E-state index is 14.1. The Kier molecular flexibility index (Phi) is 5.36. The van der Waals surface area contributed by atoms with Gasteiger partial charge in [-0.05, 0) is 94.8 Å². The van der Waals surface area contributed by atoms with Crippen molar-refractivity contribution in [2.75, 3.05) is 0 Å². The molecule has 0 aromatic rings. The van der Waals surface area contributed by atoms with E-state index in [0.717, 1.165) is 75.5 Å². The summed E-state index contributed by atoms with van der Waals surface area (Å²) in [4.78, 5) is 25.9. The molecule has 4 atom stereocenters. The lowest BCUT2D eigenvalue weighted by atomic mass is 9.49. The van der Waals surface area contributed by atoms with Crippen LogP contribution in [0, 0.1) is 29.1 Å². The summed E-state index contributed by atoms with van der Waals surface area (Å²) in [5.41, 5.74) is -0.103. The average Bonchev–Trinajstić information content (AvgIpc) is 2.67. The SMILES string of the molecule is O=C(NC1CCCC(NC(=O)C23CC4CC(CC(C4)C2)C3)C1)C1CCCCC1F. The van der Waals surface area contributed by atoms with Crippen LogP contribution in [0.4, 0.5) is 4.39 Å². The highest BCUT2D eigenvalue weighted by molar-refractivity contribution is 5.83. The van der Waals surface area contributed by atoms with E-state index in [-0.39, 0.29) is 23.4 Å². The summed E-state index contributed by atoms with van der Waals surface area (Å²) < 4.78 is 14.1. The molecule has 6 rings (SSSR count). The Balaban J connectivity index is 1.16. The van der Waals surface area contributed by atoms with Crippen LogP contribution in [0.15, 0.2) is 0 Å². The van der Waals surface area contributed by atoms with Crippen molar-refractivity contribution in [2.24, 2.45) is 29.1 Å². The smallest absolute Gasteiger partial charge is 0.226 e. The normalized spacial score (nSPS) is 46.3. The van der Waals surface area contributed by atoms with Crippen LogP contribution in [0.1, 0.15) is 89.9 Å². The predicted octanol–water partition coefficient (Wildman–Crippen LogP) is 4.27. The van der Waals surface area contributed by atoms with Gasteiger partial charge in [-0.2, -0.15) is 0 Å². The van der Waals surface area contributed by atoms with Crippen molar-refractivity contribution in [1.29, 1.82) is 0 Å². The monoisotopic (exact) mass is 404 g/mol. The van der Waals surface area contributed by atoms with Crippen molar-refractivity contribution in [3.8, 4) is 0 Å². The van der Waals surface area contributed by atoms with E-state index in [9.17, 15) is 14.0 Å². The summed E-state index contributed by atoms with van der Waals surface area (Å²) in [7, 11) is 0. The van der Waals surface area contributed by atoms with Crippen LogP contribution in [-0.2, 0) is 9.59 Å². The summed E-state index contributed by atoms with van der Waals surface area (Å²) >= 11 is 0. The van der Waals surface area contributed by atoms with Gasteiger partial charge in [-0.25, -0.2) is 4.39 Å². The zero-order valence-corrected chi connectivity index (χ0v) is 17.6. The molecule has 29 heavy (non-hydrogen) atoms. The summed E-state index contributed by atoms with van der Waals surface area (Å²) in [6.07, 6.45) is 13.1. The van der Waals surface area contributed by atoms with E-state index in [1.807, 2.05) is 0 Å². The number of carbonyl (C=O) groups excluding carboxylic acids is 2. The second-order valence-corrected chi connectivity index (χ2v) is 11.1. The standard InChI is InChI=1S/C24H37FN2O2/c25-21-7-2-1-6-20(21)22(28)26-18-4-3-5-19(11-18)27-23(29)24-12-15-8-16(13-24)10-17(9-15)14-24/h15-21H,1-14H2,(H,26,28)(H,27,29). The Morgan fingerprint density at radius 3 is 1.93 bits per heavy atom. The van der Waals surface area contributed by atoms with Crippen LogP contribution in [0.2, 0.25) is 0 Å². The highest BCUT2D eigenvalue weighted by Gasteiger charge is 2.54. The van der Waals surface area contributed by atoms with E-state index in [1.165, 1.54) is 19.3 Å².